The molecule has 2 aromatic rings. The molecule has 0 saturated heterocycles. The van der Waals surface area contributed by atoms with Crippen molar-refractivity contribution in [3.05, 3.63) is 30.1 Å². The highest BCUT2D eigenvalue weighted by atomic mass is 16.5. The zero-order valence-electron chi connectivity index (χ0n) is 14.6. The number of carbonyl (C=O) groups is 1. The van der Waals surface area contributed by atoms with Gasteiger partial charge in [0, 0.05) is 28.4 Å². The number of H-pyrrole nitrogens is 1. The Hall–Kier alpha value is -2.50. The van der Waals surface area contributed by atoms with Gasteiger partial charge in [0.25, 0.3) is 0 Å². The van der Waals surface area contributed by atoms with Gasteiger partial charge in [-0.05, 0) is 58.1 Å². The first-order chi connectivity index (χ1) is 12.0. The lowest BCUT2D eigenvalue weighted by molar-refractivity contribution is 0.119. The third-order valence-corrected chi connectivity index (χ3v) is 5.41. The van der Waals surface area contributed by atoms with Crippen LogP contribution < -0.4 is 9.64 Å². The molecular weight excluding hydrogens is 318 g/mol. The lowest BCUT2D eigenvalue weighted by Crippen LogP contribution is -2.50. The molecule has 1 aliphatic carbocycles. The highest BCUT2D eigenvalue weighted by Crippen LogP contribution is 2.46. The van der Waals surface area contributed by atoms with Crippen LogP contribution in [0.5, 0.6) is 5.75 Å². The summed E-state index contributed by atoms with van der Waals surface area (Å²) in [7, 11) is 0. The highest BCUT2D eigenvalue weighted by molar-refractivity contribution is 5.92. The van der Waals surface area contributed by atoms with Crippen molar-refractivity contribution in [3.63, 3.8) is 0 Å². The van der Waals surface area contributed by atoms with Crippen LogP contribution in [0.4, 0.5) is 10.5 Å². The van der Waals surface area contributed by atoms with E-state index in [9.17, 15) is 9.90 Å². The van der Waals surface area contributed by atoms with Crippen molar-refractivity contribution in [2.75, 3.05) is 4.90 Å². The minimum Gasteiger partial charge on any atom is -0.489 e. The fourth-order valence-electron chi connectivity index (χ4n) is 3.71. The van der Waals surface area contributed by atoms with Gasteiger partial charge in [-0.3, -0.25) is 10.00 Å². The molecule has 1 aromatic heterocycles. The lowest BCUT2D eigenvalue weighted by atomic mass is 9.85. The van der Waals surface area contributed by atoms with E-state index >= 15 is 0 Å². The largest absolute Gasteiger partial charge is 0.489 e. The summed E-state index contributed by atoms with van der Waals surface area (Å²) in [5.74, 6) is 0.824. The first-order valence-electron chi connectivity index (χ1n) is 8.82. The second-order valence-electron chi connectivity index (χ2n) is 7.53. The van der Waals surface area contributed by atoms with E-state index in [0.717, 1.165) is 53.8 Å². The summed E-state index contributed by atoms with van der Waals surface area (Å²) in [5, 5.41) is 16.7. The molecule has 6 heteroatoms. The Kier molecular flexibility index (Phi) is 3.71. The number of aromatic amines is 1. The highest BCUT2D eigenvalue weighted by Gasteiger charge is 2.39. The number of nitrogens with zero attached hydrogens (tertiary/aromatic N) is 2. The standard InChI is InChI=1S/C19H23N3O3/c1-19(2)9-8-15-16(22(19)18(23)24)7-6-14(12-10-20-21-11-12)17(15)25-13-4-3-5-13/h6-7,10-11,13H,3-5,8-9H2,1-2H3,(H,20,21)(H,23,24). The Morgan fingerprint density at radius 2 is 2.20 bits per heavy atom. The van der Waals surface area contributed by atoms with E-state index in [1.54, 1.807) is 6.20 Å². The molecule has 0 atom stereocenters. The van der Waals surface area contributed by atoms with Gasteiger partial charge in [-0.15, -0.1) is 0 Å². The van der Waals surface area contributed by atoms with Crippen molar-refractivity contribution in [1.82, 2.24) is 10.2 Å². The van der Waals surface area contributed by atoms with E-state index in [1.165, 1.54) is 11.3 Å². The van der Waals surface area contributed by atoms with Crippen LogP contribution in [0.2, 0.25) is 0 Å². The fraction of sp³-hybridized carbons (Fsp3) is 0.474. The van der Waals surface area contributed by atoms with Gasteiger partial charge in [-0.2, -0.15) is 5.10 Å². The molecule has 2 aliphatic rings. The Morgan fingerprint density at radius 3 is 2.80 bits per heavy atom. The van der Waals surface area contributed by atoms with Crippen LogP contribution in [-0.4, -0.2) is 33.0 Å². The van der Waals surface area contributed by atoms with Crippen molar-refractivity contribution < 1.29 is 14.6 Å². The first-order valence-corrected chi connectivity index (χ1v) is 8.82. The van der Waals surface area contributed by atoms with E-state index in [2.05, 4.69) is 10.2 Å². The van der Waals surface area contributed by atoms with Crippen molar-refractivity contribution >= 4 is 11.8 Å². The van der Waals surface area contributed by atoms with Gasteiger partial charge in [-0.25, -0.2) is 4.79 Å². The van der Waals surface area contributed by atoms with Crippen LogP contribution in [0.3, 0.4) is 0 Å². The van der Waals surface area contributed by atoms with Crippen molar-refractivity contribution in [2.24, 2.45) is 0 Å². The minimum atomic E-state index is -0.920. The second-order valence-corrected chi connectivity index (χ2v) is 7.53. The molecule has 0 unspecified atom stereocenters. The van der Waals surface area contributed by atoms with E-state index in [-0.39, 0.29) is 6.10 Å². The van der Waals surface area contributed by atoms with Crippen molar-refractivity contribution in [2.45, 2.75) is 57.6 Å². The Balaban J connectivity index is 1.86. The summed E-state index contributed by atoms with van der Waals surface area (Å²) in [6.07, 6.45) is 7.80. The Labute approximate surface area is 146 Å². The molecule has 2 heterocycles. The maximum Gasteiger partial charge on any atom is 0.412 e. The lowest BCUT2D eigenvalue weighted by Gasteiger charge is -2.42. The molecule has 25 heavy (non-hydrogen) atoms. The van der Waals surface area contributed by atoms with Gasteiger partial charge in [-0.1, -0.05) is 0 Å². The molecule has 0 radical (unpaired) electrons. The summed E-state index contributed by atoms with van der Waals surface area (Å²) in [4.78, 5) is 13.4. The molecule has 0 spiro atoms. The molecule has 2 N–H and O–H groups in total. The third-order valence-electron chi connectivity index (χ3n) is 5.41. The first kappa shape index (κ1) is 16.0. The topological polar surface area (TPSA) is 78.5 Å². The fourth-order valence-corrected chi connectivity index (χ4v) is 3.71. The van der Waals surface area contributed by atoms with E-state index in [0.29, 0.717) is 0 Å². The van der Waals surface area contributed by atoms with Gasteiger partial charge < -0.3 is 9.84 Å². The number of ether oxygens (including phenoxy) is 1. The van der Waals surface area contributed by atoms with Crippen LogP contribution in [0.25, 0.3) is 11.1 Å². The smallest absolute Gasteiger partial charge is 0.412 e. The molecule has 1 amide bonds. The number of fused-ring (bicyclic) bond motifs is 1. The number of amides is 1. The van der Waals surface area contributed by atoms with Crippen LogP contribution in [0.15, 0.2) is 24.5 Å². The normalized spacial score (nSPS) is 19.2. The van der Waals surface area contributed by atoms with Gasteiger partial charge in [0.15, 0.2) is 0 Å². The molecule has 0 bridgehead atoms. The quantitative estimate of drug-likeness (QED) is 0.876. The molecular formula is C19H23N3O3. The number of aromatic nitrogens is 2. The number of carboxylic acid groups (broad SMARTS) is 1. The second kappa shape index (κ2) is 5.79. The van der Waals surface area contributed by atoms with Gasteiger partial charge in [0.1, 0.15) is 5.75 Å². The molecule has 1 fully saturated rings. The molecule has 1 aromatic carbocycles. The van der Waals surface area contributed by atoms with Gasteiger partial charge in [0.05, 0.1) is 18.0 Å². The molecule has 1 saturated carbocycles. The van der Waals surface area contributed by atoms with Crippen LogP contribution in [-0.2, 0) is 6.42 Å². The summed E-state index contributed by atoms with van der Waals surface area (Å²) in [6.45, 7) is 3.95. The Bertz CT molecular complexity index is 794. The number of anilines is 1. The predicted molar refractivity (Wildman–Crippen MR) is 95.2 cm³/mol. The average Bonchev–Trinajstić information content (AvgIpc) is 3.03. The third kappa shape index (κ3) is 2.65. The molecule has 6 nitrogen and oxygen atoms in total. The number of benzene rings is 1. The van der Waals surface area contributed by atoms with E-state index < -0.39 is 11.6 Å². The van der Waals surface area contributed by atoms with E-state index in [1.807, 2.05) is 32.2 Å². The number of hydrogen-bond acceptors (Lipinski definition) is 3. The van der Waals surface area contributed by atoms with E-state index in [4.69, 9.17) is 4.74 Å². The van der Waals surface area contributed by atoms with Gasteiger partial charge >= 0.3 is 6.09 Å². The average molecular weight is 341 g/mol. The number of hydrogen-bond donors (Lipinski definition) is 2. The summed E-state index contributed by atoms with van der Waals surface area (Å²) in [5.41, 5.74) is 3.25. The summed E-state index contributed by atoms with van der Waals surface area (Å²) < 4.78 is 6.34. The molecule has 1 aliphatic heterocycles. The Morgan fingerprint density at radius 1 is 1.40 bits per heavy atom. The molecule has 4 rings (SSSR count). The zero-order valence-corrected chi connectivity index (χ0v) is 14.6. The van der Waals surface area contributed by atoms with Crippen LogP contribution >= 0.6 is 0 Å². The minimum absolute atomic E-state index is 0.227. The SMILES string of the molecule is CC1(C)CCc2c(ccc(-c3cn[nH]c3)c2OC2CCC2)N1C(=O)O. The predicted octanol–water partition coefficient (Wildman–Crippen LogP) is 4.22. The van der Waals surface area contributed by atoms with Crippen LogP contribution in [0, 0.1) is 0 Å². The van der Waals surface area contributed by atoms with Gasteiger partial charge in [0.2, 0.25) is 0 Å². The van der Waals surface area contributed by atoms with Crippen molar-refractivity contribution in [3.8, 4) is 16.9 Å². The number of nitrogens with one attached hydrogen (secondary N) is 1. The molecule has 132 valence electrons. The summed E-state index contributed by atoms with van der Waals surface area (Å²) in [6, 6.07) is 3.86. The zero-order chi connectivity index (χ0) is 17.6. The van der Waals surface area contributed by atoms with Crippen molar-refractivity contribution in [1.29, 1.82) is 0 Å². The maximum absolute atomic E-state index is 11.9. The maximum atomic E-state index is 11.9. The monoisotopic (exact) mass is 341 g/mol. The number of rotatable bonds is 3. The van der Waals surface area contributed by atoms with Crippen LogP contribution in [0.1, 0.15) is 45.1 Å². The summed E-state index contributed by atoms with van der Waals surface area (Å²) >= 11 is 0.